The van der Waals surface area contributed by atoms with Gasteiger partial charge in [0.25, 0.3) is 0 Å². The Morgan fingerprint density at radius 2 is 1.50 bits per heavy atom. The van der Waals surface area contributed by atoms with E-state index in [0.29, 0.717) is 29.9 Å². The number of ether oxygens (including phenoxy) is 2. The number of benzene rings is 2. The molecule has 0 atom stereocenters. The molecule has 0 unspecified atom stereocenters. The van der Waals surface area contributed by atoms with Crippen LogP contribution in [0, 0.1) is 0 Å². The molecule has 2 aromatic rings. The molecule has 0 bridgehead atoms. The van der Waals surface area contributed by atoms with Crippen LogP contribution in [-0.4, -0.2) is 20.0 Å². The van der Waals surface area contributed by atoms with Crippen LogP contribution in [0.4, 0.5) is 0 Å². The Morgan fingerprint density at radius 3 is 2.05 bits per heavy atom. The number of aryl methyl sites for hydroxylation is 1. The number of methoxy groups -OCH3 is 2. The molecule has 3 nitrogen and oxygen atoms in total. The quantitative estimate of drug-likeness (QED) is 0.753. The van der Waals surface area contributed by atoms with Crippen molar-refractivity contribution < 1.29 is 14.3 Å². The lowest BCUT2D eigenvalue weighted by atomic mass is 10.0. The van der Waals surface area contributed by atoms with E-state index in [1.807, 2.05) is 36.4 Å². The van der Waals surface area contributed by atoms with Gasteiger partial charge >= 0.3 is 0 Å². The highest BCUT2D eigenvalue weighted by Crippen LogP contribution is 2.29. The zero-order chi connectivity index (χ0) is 14.4. The standard InChI is InChI=1S/C17H18O3/c1-19-15-9-6-10-16(20-2)17(15)14(18)12-11-13-7-4-3-5-8-13/h3-10H,11-12H2,1-2H3. The molecule has 0 aromatic heterocycles. The van der Waals surface area contributed by atoms with Crippen molar-refractivity contribution in [3.63, 3.8) is 0 Å². The number of carbonyl (C=O) groups excluding carboxylic acids is 1. The summed E-state index contributed by atoms with van der Waals surface area (Å²) in [4.78, 5) is 12.4. The third-order valence-electron chi connectivity index (χ3n) is 3.19. The normalized spacial score (nSPS) is 10.1. The highest BCUT2D eigenvalue weighted by atomic mass is 16.5. The van der Waals surface area contributed by atoms with Gasteiger partial charge in [-0.15, -0.1) is 0 Å². The van der Waals surface area contributed by atoms with E-state index < -0.39 is 0 Å². The minimum Gasteiger partial charge on any atom is -0.496 e. The third-order valence-corrected chi connectivity index (χ3v) is 3.19. The van der Waals surface area contributed by atoms with Crippen LogP contribution in [0.1, 0.15) is 22.3 Å². The van der Waals surface area contributed by atoms with Crippen molar-refractivity contribution in [3.05, 3.63) is 59.7 Å². The van der Waals surface area contributed by atoms with Crippen LogP contribution < -0.4 is 9.47 Å². The van der Waals surface area contributed by atoms with Crippen LogP contribution in [0.15, 0.2) is 48.5 Å². The van der Waals surface area contributed by atoms with Crippen LogP contribution in [0.25, 0.3) is 0 Å². The van der Waals surface area contributed by atoms with Crippen molar-refractivity contribution in [1.29, 1.82) is 0 Å². The van der Waals surface area contributed by atoms with E-state index in [9.17, 15) is 4.79 Å². The molecule has 0 radical (unpaired) electrons. The first kappa shape index (κ1) is 14.1. The molecule has 2 rings (SSSR count). The SMILES string of the molecule is COc1cccc(OC)c1C(=O)CCc1ccccc1. The monoisotopic (exact) mass is 270 g/mol. The maximum Gasteiger partial charge on any atom is 0.170 e. The second-order valence-corrected chi connectivity index (χ2v) is 4.45. The Kier molecular flexibility index (Phi) is 4.77. The first-order valence-electron chi connectivity index (χ1n) is 6.54. The fourth-order valence-electron chi connectivity index (χ4n) is 2.15. The Hall–Kier alpha value is -2.29. The summed E-state index contributed by atoms with van der Waals surface area (Å²) in [6.45, 7) is 0. The van der Waals surface area contributed by atoms with Crippen molar-refractivity contribution >= 4 is 5.78 Å². The summed E-state index contributed by atoms with van der Waals surface area (Å²) in [6.07, 6.45) is 1.14. The second kappa shape index (κ2) is 6.75. The third kappa shape index (κ3) is 3.18. The molecule has 0 fully saturated rings. The van der Waals surface area contributed by atoms with Gasteiger partial charge in [0.15, 0.2) is 5.78 Å². The molecule has 0 aliphatic rings. The van der Waals surface area contributed by atoms with Crippen LogP contribution in [0.2, 0.25) is 0 Å². The second-order valence-electron chi connectivity index (χ2n) is 4.45. The summed E-state index contributed by atoms with van der Waals surface area (Å²) >= 11 is 0. The van der Waals surface area contributed by atoms with Crippen LogP contribution in [-0.2, 0) is 6.42 Å². The minimum atomic E-state index is 0.0307. The molecule has 0 saturated carbocycles. The first-order chi connectivity index (χ1) is 9.76. The molecular formula is C17H18O3. The fraction of sp³-hybridized carbons (Fsp3) is 0.235. The van der Waals surface area contributed by atoms with E-state index in [1.54, 1.807) is 26.4 Å². The Bertz CT molecular complexity index is 554. The molecule has 0 amide bonds. The van der Waals surface area contributed by atoms with Crippen molar-refractivity contribution in [3.8, 4) is 11.5 Å². The fourth-order valence-corrected chi connectivity index (χ4v) is 2.15. The van der Waals surface area contributed by atoms with E-state index in [4.69, 9.17) is 9.47 Å². The average Bonchev–Trinajstić information content (AvgIpc) is 2.52. The summed E-state index contributed by atoms with van der Waals surface area (Å²) in [5.74, 6) is 1.15. The van der Waals surface area contributed by atoms with Crippen LogP contribution >= 0.6 is 0 Å². The average molecular weight is 270 g/mol. The smallest absolute Gasteiger partial charge is 0.170 e. The Balaban J connectivity index is 2.16. The zero-order valence-corrected chi connectivity index (χ0v) is 11.8. The summed E-state index contributed by atoms with van der Waals surface area (Å²) in [6, 6.07) is 15.3. The molecule has 20 heavy (non-hydrogen) atoms. The maximum absolute atomic E-state index is 12.4. The summed E-state index contributed by atoms with van der Waals surface area (Å²) in [7, 11) is 3.12. The maximum atomic E-state index is 12.4. The lowest BCUT2D eigenvalue weighted by molar-refractivity contribution is 0.0976. The topological polar surface area (TPSA) is 35.5 Å². The molecule has 0 aliphatic carbocycles. The predicted molar refractivity (Wildman–Crippen MR) is 78.6 cm³/mol. The van der Waals surface area contributed by atoms with Gasteiger partial charge in [-0.05, 0) is 24.1 Å². The van der Waals surface area contributed by atoms with E-state index in [1.165, 1.54) is 0 Å². The molecule has 0 spiro atoms. The van der Waals surface area contributed by atoms with Gasteiger partial charge in [-0.1, -0.05) is 36.4 Å². The van der Waals surface area contributed by atoms with Crippen molar-refractivity contribution in [2.75, 3.05) is 14.2 Å². The van der Waals surface area contributed by atoms with E-state index in [0.717, 1.165) is 5.56 Å². The first-order valence-corrected chi connectivity index (χ1v) is 6.54. The van der Waals surface area contributed by atoms with Crippen LogP contribution in [0.3, 0.4) is 0 Å². The van der Waals surface area contributed by atoms with Gasteiger partial charge in [-0.2, -0.15) is 0 Å². The highest BCUT2D eigenvalue weighted by Gasteiger charge is 2.17. The van der Waals surface area contributed by atoms with Gasteiger partial charge < -0.3 is 9.47 Å². The number of hydrogen-bond donors (Lipinski definition) is 0. The molecule has 104 valence electrons. The van der Waals surface area contributed by atoms with Gasteiger partial charge in [0.05, 0.1) is 14.2 Å². The number of ketones is 1. The zero-order valence-electron chi connectivity index (χ0n) is 11.8. The molecule has 0 N–H and O–H groups in total. The van der Waals surface area contributed by atoms with E-state index in [-0.39, 0.29) is 5.78 Å². The molecule has 0 saturated heterocycles. The number of rotatable bonds is 6. The largest absolute Gasteiger partial charge is 0.496 e. The number of hydrogen-bond acceptors (Lipinski definition) is 3. The number of carbonyl (C=O) groups is 1. The van der Waals surface area contributed by atoms with Gasteiger partial charge in [0.2, 0.25) is 0 Å². The Morgan fingerprint density at radius 1 is 0.900 bits per heavy atom. The van der Waals surface area contributed by atoms with Crippen molar-refractivity contribution in [2.45, 2.75) is 12.8 Å². The van der Waals surface area contributed by atoms with Crippen molar-refractivity contribution in [2.24, 2.45) is 0 Å². The predicted octanol–water partition coefficient (Wildman–Crippen LogP) is 3.52. The molecular weight excluding hydrogens is 252 g/mol. The van der Waals surface area contributed by atoms with E-state index >= 15 is 0 Å². The molecule has 0 aliphatic heterocycles. The van der Waals surface area contributed by atoms with E-state index in [2.05, 4.69) is 0 Å². The Labute approximate surface area is 119 Å². The summed E-state index contributed by atoms with van der Waals surface area (Å²) in [5.41, 5.74) is 1.67. The molecule has 3 heteroatoms. The van der Waals surface area contributed by atoms with Gasteiger partial charge in [0.1, 0.15) is 17.1 Å². The summed E-state index contributed by atoms with van der Waals surface area (Å²) in [5, 5.41) is 0. The summed E-state index contributed by atoms with van der Waals surface area (Å²) < 4.78 is 10.5. The minimum absolute atomic E-state index is 0.0307. The van der Waals surface area contributed by atoms with Gasteiger partial charge in [-0.25, -0.2) is 0 Å². The molecule has 2 aromatic carbocycles. The highest BCUT2D eigenvalue weighted by molar-refractivity contribution is 6.01. The lowest BCUT2D eigenvalue weighted by Crippen LogP contribution is -2.06. The molecule has 0 heterocycles. The van der Waals surface area contributed by atoms with Gasteiger partial charge in [0, 0.05) is 6.42 Å². The lowest BCUT2D eigenvalue weighted by Gasteiger charge is -2.12. The van der Waals surface area contributed by atoms with Crippen molar-refractivity contribution in [1.82, 2.24) is 0 Å². The van der Waals surface area contributed by atoms with Crippen LogP contribution in [0.5, 0.6) is 11.5 Å². The number of Topliss-reactive ketones (excluding diaryl/α,β-unsaturated/α-hetero) is 1. The van der Waals surface area contributed by atoms with Gasteiger partial charge in [-0.3, -0.25) is 4.79 Å².